The molecule has 0 radical (unpaired) electrons. The molecule has 4 rings (SSSR count). The monoisotopic (exact) mass is 492 g/mol. The molecule has 1 saturated heterocycles. The van der Waals surface area contributed by atoms with Gasteiger partial charge in [0, 0.05) is 13.1 Å². The third kappa shape index (κ3) is 4.48. The summed E-state index contributed by atoms with van der Waals surface area (Å²) in [7, 11) is 2.76. The number of benzene rings is 2. The molecule has 0 bridgehead atoms. The number of aryl methyl sites for hydroxylation is 1. The Morgan fingerprint density at radius 1 is 1.06 bits per heavy atom. The molecule has 3 aromatic rings. The minimum atomic E-state index is -4.91. The van der Waals surface area contributed by atoms with Crippen LogP contribution in [0.25, 0.3) is 11.0 Å². The fourth-order valence-corrected chi connectivity index (χ4v) is 3.93. The molecule has 2 aromatic carbocycles. The number of hydrogen-bond donors (Lipinski definition) is 1. The molecule has 0 aliphatic carbocycles. The summed E-state index contributed by atoms with van der Waals surface area (Å²) >= 11 is 0. The van der Waals surface area contributed by atoms with Crippen molar-refractivity contribution in [2.45, 2.75) is 13.1 Å². The van der Waals surface area contributed by atoms with Gasteiger partial charge in [-0.05, 0) is 30.7 Å². The molecule has 0 spiro atoms. The minimum absolute atomic E-state index is 0.0412. The van der Waals surface area contributed by atoms with Crippen molar-refractivity contribution in [2.75, 3.05) is 45.8 Å². The van der Waals surface area contributed by atoms with Crippen molar-refractivity contribution < 1.29 is 37.0 Å². The number of anilines is 1. The number of amides is 2. The topological polar surface area (TPSA) is 94.9 Å². The number of nitrogens with one attached hydrogen (secondary N) is 1. The number of alkyl halides is 3. The Morgan fingerprint density at radius 3 is 2.26 bits per heavy atom. The highest BCUT2D eigenvalue weighted by atomic mass is 19.4. The molecule has 35 heavy (non-hydrogen) atoms. The SMILES string of the molecule is COc1cccc(OC)c1C(=O)Nc1c(C)ccc2c1nc(C(F)(F)F)n2C(=O)N1CCOCC1. The first-order valence-electron chi connectivity index (χ1n) is 10.7. The molecule has 0 atom stereocenters. The lowest BCUT2D eigenvalue weighted by atomic mass is 10.1. The zero-order valence-electron chi connectivity index (χ0n) is 19.2. The fraction of sp³-hybridized carbons (Fsp3) is 0.348. The summed E-state index contributed by atoms with van der Waals surface area (Å²) in [6.07, 6.45) is -4.91. The second-order valence-electron chi connectivity index (χ2n) is 7.77. The summed E-state index contributed by atoms with van der Waals surface area (Å²) in [6.45, 7) is 2.37. The Kier molecular flexibility index (Phi) is 6.57. The van der Waals surface area contributed by atoms with Crippen LogP contribution in [0.2, 0.25) is 0 Å². The van der Waals surface area contributed by atoms with E-state index in [9.17, 15) is 22.8 Å². The van der Waals surface area contributed by atoms with Crippen LogP contribution in [0.5, 0.6) is 11.5 Å². The van der Waals surface area contributed by atoms with E-state index in [2.05, 4.69) is 10.3 Å². The molecule has 1 aromatic heterocycles. The van der Waals surface area contributed by atoms with Crippen LogP contribution >= 0.6 is 0 Å². The van der Waals surface area contributed by atoms with Gasteiger partial charge in [0.2, 0.25) is 5.82 Å². The molecular formula is C23H23F3N4O5. The second-order valence-corrected chi connectivity index (χ2v) is 7.77. The van der Waals surface area contributed by atoms with Gasteiger partial charge in [0.05, 0.1) is 38.6 Å². The van der Waals surface area contributed by atoms with E-state index in [1.54, 1.807) is 25.1 Å². The number of nitrogens with zero attached hydrogens (tertiary/aromatic N) is 3. The number of fused-ring (bicyclic) bond motifs is 1. The minimum Gasteiger partial charge on any atom is -0.496 e. The van der Waals surface area contributed by atoms with E-state index in [1.807, 2.05) is 0 Å². The number of carbonyl (C=O) groups is 2. The van der Waals surface area contributed by atoms with Crippen LogP contribution in [0.1, 0.15) is 21.7 Å². The average molecular weight is 492 g/mol. The van der Waals surface area contributed by atoms with Gasteiger partial charge in [0.25, 0.3) is 5.91 Å². The zero-order valence-corrected chi connectivity index (χ0v) is 19.2. The summed E-state index contributed by atoms with van der Waals surface area (Å²) in [6, 6.07) is 6.78. The van der Waals surface area contributed by atoms with Crippen molar-refractivity contribution in [1.29, 1.82) is 0 Å². The lowest BCUT2D eigenvalue weighted by molar-refractivity contribution is -0.145. The maximum absolute atomic E-state index is 14.0. The number of rotatable bonds is 4. The Bertz CT molecular complexity index is 1260. The van der Waals surface area contributed by atoms with Crippen molar-refractivity contribution in [3.05, 3.63) is 47.3 Å². The Hall–Kier alpha value is -3.80. The lowest BCUT2D eigenvalue weighted by Crippen LogP contribution is -2.43. The van der Waals surface area contributed by atoms with E-state index >= 15 is 0 Å². The van der Waals surface area contributed by atoms with Crippen LogP contribution < -0.4 is 14.8 Å². The first-order valence-corrected chi connectivity index (χ1v) is 10.7. The number of aromatic nitrogens is 2. The van der Waals surface area contributed by atoms with Gasteiger partial charge in [-0.25, -0.2) is 14.3 Å². The standard InChI is InChI=1S/C23H23F3N4O5/c1-13-7-8-14-19(18(13)27-20(31)17-15(33-2)5-4-6-16(17)34-3)28-21(23(24,25)26)30(14)22(32)29-9-11-35-12-10-29/h4-8H,9-12H2,1-3H3,(H,27,31). The number of imidazole rings is 1. The number of hydrogen-bond acceptors (Lipinski definition) is 6. The first kappa shape index (κ1) is 24.3. The Morgan fingerprint density at radius 2 is 1.69 bits per heavy atom. The number of methoxy groups -OCH3 is 2. The number of morpholine rings is 1. The summed E-state index contributed by atoms with van der Waals surface area (Å²) in [5.41, 5.74) is 0.313. The van der Waals surface area contributed by atoms with Gasteiger partial charge in [0.1, 0.15) is 22.6 Å². The van der Waals surface area contributed by atoms with Gasteiger partial charge < -0.3 is 24.4 Å². The average Bonchev–Trinajstić information content (AvgIpc) is 3.25. The fourth-order valence-electron chi connectivity index (χ4n) is 3.93. The van der Waals surface area contributed by atoms with Crippen molar-refractivity contribution in [3.63, 3.8) is 0 Å². The van der Waals surface area contributed by atoms with Gasteiger partial charge in [-0.15, -0.1) is 0 Å². The van der Waals surface area contributed by atoms with Gasteiger partial charge in [0.15, 0.2) is 0 Å². The predicted octanol–water partition coefficient (Wildman–Crippen LogP) is 3.93. The highest BCUT2D eigenvalue weighted by Gasteiger charge is 2.41. The van der Waals surface area contributed by atoms with E-state index in [0.717, 1.165) is 0 Å². The Balaban J connectivity index is 1.85. The highest BCUT2D eigenvalue weighted by Crippen LogP contribution is 2.36. The van der Waals surface area contributed by atoms with Crippen LogP contribution in [0.15, 0.2) is 30.3 Å². The largest absolute Gasteiger partial charge is 0.496 e. The molecule has 186 valence electrons. The van der Waals surface area contributed by atoms with Gasteiger partial charge in [-0.1, -0.05) is 12.1 Å². The van der Waals surface area contributed by atoms with E-state index in [-0.39, 0.29) is 60.1 Å². The predicted molar refractivity (Wildman–Crippen MR) is 120 cm³/mol. The Labute approximate surface area is 198 Å². The molecule has 1 aliphatic rings. The van der Waals surface area contributed by atoms with Crippen molar-refractivity contribution >= 4 is 28.7 Å². The van der Waals surface area contributed by atoms with Crippen LogP contribution in [-0.4, -0.2) is 66.9 Å². The van der Waals surface area contributed by atoms with Crippen LogP contribution in [0.4, 0.5) is 23.7 Å². The maximum Gasteiger partial charge on any atom is 0.450 e. The van der Waals surface area contributed by atoms with Crippen LogP contribution in [0.3, 0.4) is 0 Å². The van der Waals surface area contributed by atoms with Gasteiger partial charge in [-0.3, -0.25) is 4.79 Å². The van der Waals surface area contributed by atoms with Gasteiger partial charge in [-0.2, -0.15) is 13.2 Å². The highest BCUT2D eigenvalue weighted by molar-refractivity contribution is 6.12. The van der Waals surface area contributed by atoms with Crippen LogP contribution in [0, 0.1) is 6.92 Å². The third-order valence-electron chi connectivity index (χ3n) is 5.66. The molecule has 1 N–H and O–H groups in total. The number of carbonyl (C=O) groups excluding carboxylic acids is 2. The second kappa shape index (κ2) is 9.45. The number of halogens is 3. The smallest absolute Gasteiger partial charge is 0.450 e. The summed E-state index contributed by atoms with van der Waals surface area (Å²) in [5.74, 6) is -1.61. The lowest BCUT2D eigenvalue weighted by Gasteiger charge is -2.27. The molecule has 0 unspecified atom stereocenters. The maximum atomic E-state index is 14.0. The van der Waals surface area contributed by atoms with E-state index in [1.165, 1.54) is 31.3 Å². The van der Waals surface area contributed by atoms with Crippen molar-refractivity contribution in [2.24, 2.45) is 0 Å². The summed E-state index contributed by atoms with van der Waals surface area (Å²) < 4.78 is 58.2. The van der Waals surface area contributed by atoms with Crippen molar-refractivity contribution in [3.8, 4) is 11.5 Å². The quantitative estimate of drug-likeness (QED) is 0.593. The first-order chi connectivity index (χ1) is 16.7. The normalized spacial score (nSPS) is 14.2. The molecule has 0 saturated carbocycles. The van der Waals surface area contributed by atoms with E-state index in [0.29, 0.717) is 10.1 Å². The van der Waals surface area contributed by atoms with Crippen molar-refractivity contribution in [1.82, 2.24) is 14.5 Å². The molecule has 2 amide bonds. The van der Waals surface area contributed by atoms with Gasteiger partial charge >= 0.3 is 12.2 Å². The summed E-state index contributed by atoms with van der Waals surface area (Å²) in [4.78, 5) is 31.4. The molecule has 1 aliphatic heterocycles. The summed E-state index contributed by atoms with van der Waals surface area (Å²) in [5, 5.41) is 2.64. The van der Waals surface area contributed by atoms with E-state index in [4.69, 9.17) is 14.2 Å². The molecule has 1 fully saturated rings. The van der Waals surface area contributed by atoms with E-state index < -0.39 is 23.9 Å². The molecular weight excluding hydrogens is 469 g/mol. The molecule has 12 heteroatoms. The molecule has 2 heterocycles. The zero-order chi connectivity index (χ0) is 25.3. The molecule has 9 nitrogen and oxygen atoms in total. The third-order valence-corrected chi connectivity index (χ3v) is 5.66. The van der Waals surface area contributed by atoms with Crippen LogP contribution in [-0.2, 0) is 10.9 Å². The number of ether oxygens (including phenoxy) is 3.